The molecule has 15 heavy (non-hydrogen) atoms. The summed E-state index contributed by atoms with van der Waals surface area (Å²) in [6, 6.07) is 10.7. The van der Waals surface area contributed by atoms with Gasteiger partial charge in [-0.05, 0) is 30.6 Å². The second-order valence-electron chi connectivity index (χ2n) is 3.41. The first-order valence-corrected chi connectivity index (χ1v) is 7.03. The van der Waals surface area contributed by atoms with Gasteiger partial charge in [-0.2, -0.15) is 0 Å². The van der Waals surface area contributed by atoms with Crippen molar-refractivity contribution in [2.45, 2.75) is 25.7 Å². The molecule has 0 saturated heterocycles. The third kappa shape index (κ3) is 6.98. The van der Waals surface area contributed by atoms with Crippen molar-refractivity contribution < 1.29 is 0 Å². The summed E-state index contributed by atoms with van der Waals surface area (Å²) in [6.07, 6.45) is 4.97. The Kier molecular flexibility index (Phi) is 7.14. The predicted molar refractivity (Wildman–Crippen MR) is 78.0 cm³/mol. The average molecular weight is 256 g/mol. The largest absolute Gasteiger partial charge is 0.125 e. The van der Waals surface area contributed by atoms with Gasteiger partial charge in [0, 0.05) is 0 Å². The maximum atomic E-state index is 4.88. The second kappa shape index (κ2) is 8.20. The lowest BCUT2D eigenvalue weighted by molar-refractivity contribution is 0.723. The summed E-state index contributed by atoms with van der Waals surface area (Å²) < 4.78 is 0.762. The van der Waals surface area contributed by atoms with Crippen LogP contribution in [0, 0.1) is 0 Å². The first-order valence-electron chi connectivity index (χ1n) is 5.18. The summed E-state index contributed by atoms with van der Waals surface area (Å²) in [5.41, 5.74) is 1.44. The molecule has 0 aromatic heterocycles. The number of benzene rings is 1. The lowest BCUT2D eigenvalue weighted by Crippen LogP contribution is -1.87. The molecule has 0 N–H and O–H groups in total. The molecule has 3 heteroatoms. The molecule has 0 radical (unpaired) electrons. The monoisotopic (exact) mass is 256 g/mol. The summed E-state index contributed by atoms with van der Waals surface area (Å²) in [6.45, 7) is 0. The van der Waals surface area contributed by atoms with Crippen LogP contribution in [0.1, 0.15) is 24.8 Å². The molecule has 82 valence electrons. The highest BCUT2D eigenvalue weighted by molar-refractivity contribution is 8.41. The van der Waals surface area contributed by atoms with Crippen molar-refractivity contribution in [3.05, 3.63) is 35.9 Å². The molecule has 0 heterocycles. The van der Waals surface area contributed by atoms with Crippen LogP contribution in [0.2, 0.25) is 0 Å². The minimum atomic E-state index is 0.762. The summed E-state index contributed by atoms with van der Waals surface area (Å²) >= 11 is 10.6. The van der Waals surface area contributed by atoms with Gasteiger partial charge in [0.2, 0.25) is 0 Å². The minimum Gasteiger partial charge on any atom is -0.125 e. The van der Waals surface area contributed by atoms with Gasteiger partial charge in [-0.1, -0.05) is 49.0 Å². The number of unbranched alkanes of at least 4 members (excludes halogenated alkanes) is 2. The van der Waals surface area contributed by atoms with E-state index < -0.39 is 0 Å². The number of thioether (sulfide) groups is 1. The van der Waals surface area contributed by atoms with Crippen LogP contribution in [-0.4, -0.2) is 9.28 Å². The Bertz CT molecular complexity index is 282. The van der Waals surface area contributed by atoms with Gasteiger partial charge in [-0.15, -0.1) is 24.4 Å². The molecule has 1 aromatic carbocycles. The zero-order valence-corrected chi connectivity index (χ0v) is 11.2. The lowest BCUT2D eigenvalue weighted by Gasteiger charge is -2.01. The predicted octanol–water partition coefficient (Wildman–Crippen LogP) is 4.35. The fourth-order valence-electron chi connectivity index (χ4n) is 1.41. The molecule has 0 nitrogen and oxygen atoms in total. The normalized spacial score (nSPS) is 10.2. The van der Waals surface area contributed by atoms with E-state index in [1.807, 2.05) is 0 Å². The van der Waals surface area contributed by atoms with E-state index in [1.165, 1.54) is 31.2 Å². The highest BCUT2D eigenvalue weighted by atomic mass is 32.2. The summed E-state index contributed by atoms with van der Waals surface area (Å²) in [4.78, 5) is 0. The molecule has 0 aliphatic carbocycles. The SMILES string of the molecule is S=C(S)SCCCCCc1ccccc1. The fraction of sp³-hybridized carbons (Fsp3) is 0.417. The Morgan fingerprint density at radius 2 is 1.87 bits per heavy atom. The third-order valence-corrected chi connectivity index (χ3v) is 3.66. The summed E-state index contributed by atoms with van der Waals surface area (Å²) in [7, 11) is 0. The highest BCUT2D eigenvalue weighted by Gasteiger charge is 1.94. The van der Waals surface area contributed by atoms with E-state index in [-0.39, 0.29) is 0 Å². The molecule has 0 aliphatic heterocycles. The van der Waals surface area contributed by atoms with Crippen molar-refractivity contribution in [1.29, 1.82) is 0 Å². The van der Waals surface area contributed by atoms with E-state index in [1.54, 1.807) is 11.8 Å². The molecule has 0 saturated carbocycles. The van der Waals surface area contributed by atoms with Crippen LogP contribution in [0.5, 0.6) is 0 Å². The van der Waals surface area contributed by atoms with Crippen molar-refractivity contribution in [2.24, 2.45) is 0 Å². The Morgan fingerprint density at radius 3 is 2.53 bits per heavy atom. The van der Waals surface area contributed by atoms with Crippen molar-refractivity contribution in [2.75, 3.05) is 5.75 Å². The number of thiocarbonyl (C=S) groups is 1. The van der Waals surface area contributed by atoms with Gasteiger partial charge in [0.1, 0.15) is 3.53 Å². The Balaban J connectivity index is 2.00. The van der Waals surface area contributed by atoms with Crippen LogP contribution in [0.15, 0.2) is 30.3 Å². The van der Waals surface area contributed by atoms with E-state index in [9.17, 15) is 0 Å². The average Bonchev–Trinajstić information content (AvgIpc) is 2.24. The number of hydrogen-bond donors (Lipinski definition) is 1. The van der Waals surface area contributed by atoms with Gasteiger partial charge >= 0.3 is 0 Å². The number of rotatable bonds is 6. The molecule has 0 atom stereocenters. The maximum absolute atomic E-state index is 4.88. The van der Waals surface area contributed by atoms with E-state index >= 15 is 0 Å². The Morgan fingerprint density at radius 1 is 1.13 bits per heavy atom. The molecule has 1 aromatic rings. The van der Waals surface area contributed by atoms with Crippen LogP contribution < -0.4 is 0 Å². The van der Waals surface area contributed by atoms with Crippen LogP contribution in [-0.2, 0) is 6.42 Å². The zero-order valence-electron chi connectivity index (χ0n) is 8.69. The maximum Gasteiger partial charge on any atom is 0.101 e. The summed E-state index contributed by atoms with van der Waals surface area (Å²) in [5, 5.41) is 0. The zero-order chi connectivity index (χ0) is 10.9. The third-order valence-electron chi connectivity index (χ3n) is 2.18. The standard InChI is InChI=1S/C12H16S3/c13-12(14)15-10-6-2-5-9-11-7-3-1-4-8-11/h1,3-4,7-8H,2,5-6,9-10H2,(H,13,14). The summed E-state index contributed by atoms with van der Waals surface area (Å²) in [5.74, 6) is 1.11. The Hall–Kier alpha value is 0.01000. The van der Waals surface area contributed by atoms with E-state index in [4.69, 9.17) is 12.2 Å². The topological polar surface area (TPSA) is 0 Å². The van der Waals surface area contributed by atoms with E-state index in [0.29, 0.717) is 0 Å². The van der Waals surface area contributed by atoms with Crippen LogP contribution in [0.4, 0.5) is 0 Å². The molecule has 0 bridgehead atoms. The van der Waals surface area contributed by atoms with Gasteiger partial charge in [0.25, 0.3) is 0 Å². The van der Waals surface area contributed by atoms with Crippen LogP contribution >= 0.6 is 36.6 Å². The van der Waals surface area contributed by atoms with Gasteiger partial charge in [-0.25, -0.2) is 0 Å². The molecule has 0 fully saturated rings. The fourth-order valence-corrected chi connectivity index (χ4v) is 2.46. The molecule has 0 aliphatic rings. The molecule has 1 rings (SSSR count). The quantitative estimate of drug-likeness (QED) is 0.456. The molecule has 0 unspecified atom stereocenters. The van der Waals surface area contributed by atoms with Gasteiger partial charge < -0.3 is 0 Å². The van der Waals surface area contributed by atoms with Crippen LogP contribution in [0.25, 0.3) is 0 Å². The second-order valence-corrected chi connectivity index (χ2v) is 6.23. The highest BCUT2D eigenvalue weighted by Crippen LogP contribution is 2.12. The lowest BCUT2D eigenvalue weighted by atomic mass is 10.1. The molecular weight excluding hydrogens is 240 g/mol. The molecular formula is C12H16S3. The van der Waals surface area contributed by atoms with Crippen molar-refractivity contribution in [3.8, 4) is 0 Å². The molecule has 0 amide bonds. The van der Waals surface area contributed by atoms with E-state index in [2.05, 4.69) is 43.0 Å². The molecule has 0 spiro atoms. The van der Waals surface area contributed by atoms with Gasteiger partial charge in [-0.3, -0.25) is 0 Å². The van der Waals surface area contributed by atoms with Gasteiger partial charge in [0.15, 0.2) is 0 Å². The van der Waals surface area contributed by atoms with Crippen molar-refractivity contribution in [1.82, 2.24) is 0 Å². The number of hydrogen-bond acceptors (Lipinski definition) is 2. The Labute approximate surface area is 107 Å². The first kappa shape index (κ1) is 13.1. The smallest absolute Gasteiger partial charge is 0.101 e. The number of thiol groups is 1. The van der Waals surface area contributed by atoms with Crippen LogP contribution in [0.3, 0.4) is 0 Å². The van der Waals surface area contributed by atoms with Crippen molar-refractivity contribution >= 4 is 40.1 Å². The van der Waals surface area contributed by atoms with Crippen molar-refractivity contribution in [3.63, 3.8) is 0 Å². The first-order chi connectivity index (χ1) is 7.29. The minimum absolute atomic E-state index is 0.762. The van der Waals surface area contributed by atoms with Gasteiger partial charge in [0.05, 0.1) is 0 Å². The van der Waals surface area contributed by atoms with E-state index in [0.717, 1.165) is 9.28 Å². The number of aryl methyl sites for hydroxylation is 1.